The molecule has 2 heterocycles. The first-order valence-corrected chi connectivity index (χ1v) is 10.9. The minimum absolute atomic E-state index is 0.0785. The summed E-state index contributed by atoms with van der Waals surface area (Å²) in [5, 5.41) is 12.0. The van der Waals surface area contributed by atoms with E-state index in [1.165, 1.54) is 11.8 Å². The summed E-state index contributed by atoms with van der Waals surface area (Å²) >= 11 is 1.43. The summed E-state index contributed by atoms with van der Waals surface area (Å²) in [6.45, 7) is 4.11. The van der Waals surface area contributed by atoms with Gasteiger partial charge in [0.05, 0.1) is 13.2 Å². The van der Waals surface area contributed by atoms with Crippen LogP contribution in [0.25, 0.3) is 0 Å². The van der Waals surface area contributed by atoms with Gasteiger partial charge in [-0.25, -0.2) is 4.68 Å². The van der Waals surface area contributed by atoms with Crippen molar-refractivity contribution in [1.82, 2.24) is 14.9 Å². The number of hydrogen-bond acceptors (Lipinski definition) is 6. The van der Waals surface area contributed by atoms with Crippen LogP contribution in [0.2, 0.25) is 0 Å². The number of thioether (sulfide) groups is 1. The summed E-state index contributed by atoms with van der Waals surface area (Å²) in [6, 6.07) is 15.3. The predicted octanol–water partition coefficient (Wildman–Crippen LogP) is 3.95. The Hall–Kier alpha value is -3.00. The average molecular weight is 424 g/mol. The average Bonchev–Trinajstić information content (AvgIpc) is 3.15. The van der Waals surface area contributed by atoms with Crippen LogP contribution in [0.5, 0.6) is 5.75 Å². The first-order chi connectivity index (χ1) is 14.6. The number of ether oxygens (including phenoxy) is 1. The standard InChI is InChI=1S/C22H25N5O2S/c1-4-6-18-24-25-22-27(18)26-19(15-9-11-17(29-3)12-10-15)20(30-22)21(28)23-16-8-5-7-14(2)13-16/h5,7-13,19-20,26H,4,6H2,1-3H3,(H,23,28)/t19-,20-/m0/s1. The monoisotopic (exact) mass is 423 g/mol. The van der Waals surface area contributed by atoms with Crippen molar-refractivity contribution in [3.05, 3.63) is 65.5 Å². The van der Waals surface area contributed by atoms with E-state index in [1.54, 1.807) is 7.11 Å². The van der Waals surface area contributed by atoms with Gasteiger partial charge in [0.1, 0.15) is 11.0 Å². The summed E-state index contributed by atoms with van der Waals surface area (Å²) in [7, 11) is 1.64. The van der Waals surface area contributed by atoms with E-state index in [4.69, 9.17) is 4.74 Å². The molecule has 7 nitrogen and oxygen atoms in total. The summed E-state index contributed by atoms with van der Waals surface area (Å²) in [4.78, 5) is 13.3. The van der Waals surface area contributed by atoms with E-state index in [1.807, 2.05) is 60.1 Å². The molecule has 0 bridgehead atoms. The molecule has 156 valence electrons. The molecule has 3 aromatic rings. The Morgan fingerprint density at radius 2 is 2.03 bits per heavy atom. The Bertz CT molecular complexity index is 1030. The number of carbonyl (C=O) groups is 1. The van der Waals surface area contributed by atoms with E-state index in [0.717, 1.165) is 41.2 Å². The van der Waals surface area contributed by atoms with Crippen molar-refractivity contribution >= 4 is 23.4 Å². The number of fused-ring (bicyclic) bond motifs is 1. The number of nitrogens with zero attached hydrogens (tertiary/aromatic N) is 3. The highest BCUT2D eigenvalue weighted by Gasteiger charge is 2.37. The van der Waals surface area contributed by atoms with Crippen LogP contribution in [0.1, 0.15) is 36.3 Å². The van der Waals surface area contributed by atoms with Gasteiger partial charge >= 0.3 is 0 Å². The topological polar surface area (TPSA) is 81.1 Å². The lowest BCUT2D eigenvalue weighted by Crippen LogP contribution is -2.41. The second-order valence-electron chi connectivity index (χ2n) is 7.26. The molecule has 2 atom stereocenters. The van der Waals surface area contributed by atoms with E-state index >= 15 is 0 Å². The summed E-state index contributed by atoms with van der Waals surface area (Å²) in [5.41, 5.74) is 6.36. The van der Waals surface area contributed by atoms with Gasteiger partial charge in [-0.3, -0.25) is 4.79 Å². The molecule has 2 aromatic carbocycles. The molecule has 0 radical (unpaired) electrons. The van der Waals surface area contributed by atoms with E-state index in [-0.39, 0.29) is 11.9 Å². The molecular formula is C22H25N5O2S. The van der Waals surface area contributed by atoms with Crippen LogP contribution in [-0.4, -0.2) is 33.1 Å². The smallest absolute Gasteiger partial charge is 0.240 e. The molecule has 0 unspecified atom stereocenters. The Labute approximate surface area is 180 Å². The fraction of sp³-hybridized carbons (Fsp3) is 0.318. The Morgan fingerprint density at radius 1 is 1.23 bits per heavy atom. The first-order valence-electron chi connectivity index (χ1n) is 9.98. The summed E-state index contributed by atoms with van der Waals surface area (Å²) in [6.07, 6.45) is 1.78. The number of aryl methyl sites for hydroxylation is 2. The first kappa shape index (κ1) is 20.3. The number of nitrogens with one attached hydrogen (secondary N) is 2. The zero-order valence-electron chi connectivity index (χ0n) is 17.3. The van der Waals surface area contributed by atoms with Gasteiger partial charge in [-0.15, -0.1) is 10.2 Å². The highest BCUT2D eigenvalue weighted by Crippen LogP contribution is 2.38. The molecule has 8 heteroatoms. The lowest BCUT2D eigenvalue weighted by Gasteiger charge is -2.33. The van der Waals surface area contributed by atoms with Crippen molar-refractivity contribution in [1.29, 1.82) is 0 Å². The van der Waals surface area contributed by atoms with Crippen molar-refractivity contribution < 1.29 is 9.53 Å². The number of carbonyl (C=O) groups excluding carboxylic acids is 1. The van der Waals surface area contributed by atoms with Gasteiger partial charge in [0.2, 0.25) is 11.1 Å². The third-order valence-corrected chi connectivity index (χ3v) is 6.21. The van der Waals surface area contributed by atoms with Crippen molar-refractivity contribution in [3.8, 4) is 5.75 Å². The number of aromatic nitrogens is 3. The normalized spacial score (nSPS) is 17.7. The Morgan fingerprint density at radius 3 is 2.73 bits per heavy atom. The number of rotatable bonds is 6. The lowest BCUT2D eigenvalue weighted by molar-refractivity contribution is -0.116. The van der Waals surface area contributed by atoms with Crippen LogP contribution in [0.3, 0.4) is 0 Å². The van der Waals surface area contributed by atoms with Crippen LogP contribution in [0.4, 0.5) is 5.69 Å². The van der Waals surface area contributed by atoms with E-state index in [9.17, 15) is 4.79 Å². The van der Waals surface area contributed by atoms with Gasteiger partial charge < -0.3 is 15.5 Å². The Kier molecular flexibility index (Phi) is 5.94. The number of benzene rings is 2. The number of hydrogen-bond donors (Lipinski definition) is 2. The van der Waals surface area contributed by atoms with Gasteiger partial charge in [-0.1, -0.05) is 43.0 Å². The molecule has 0 spiro atoms. The molecule has 0 saturated carbocycles. The van der Waals surface area contributed by atoms with Crippen molar-refractivity contribution in [2.45, 2.75) is 43.1 Å². The predicted molar refractivity (Wildman–Crippen MR) is 119 cm³/mol. The molecule has 0 saturated heterocycles. The van der Waals surface area contributed by atoms with Crippen molar-refractivity contribution in [2.24, 2.45) is 0 Å². The van der Waals surface area contributed by atoms with Crippen molar-refractivity contribution in [2.75, 3.05) is 17.9 Å². The molecule has 1 aliphatic heterocycles. The molecule has 1 amide bonds. The highest BCUT2D eigenvalue weighted by molar-refractivity contribution is 8.00. The van der Waals surface area contributed by atoms with E-state index in [0.29, 0.717) is 5.16 Å². The fourth-order valence-electron chi connectivity index (χ4n) is 3.48. The largest absolute Gasteiger partial charge is 0.497 e. The van der Waals surface area contributed by atoms with E-state index in [2.05, 4.69) is 27.9 Å². The van der Waals surface area contributed by atoms with Crippen LogP contribution < -0.4 is 15.5 Å². The minimum Gasteiger partial charge on any atom is -0.497 e. The molecule has 2 N–H and O–H groups in total. The van der Waals surface area contributed by atoms with Crippen molar-refractivity contribution in [3.63, 3.8) is 0 Å². The maximum atomic E-state index is 13.3. The van der Waals surface area contributed by atoms with Gasteiger partial charge in [0.25, 0.3) is 0 Å². The highest BCUT2D eigenvalue weighted by atomic mass is 32.2. The lowest BCUT2D eigenvalue weighted by atomic mass is 10.0. The third kappa shape index (κ3) is 4.14. The molecule has 30 heavy (non-hydrogen) atoms. The zero-order valence-corrected chi connectivity index (χ0v) is 18.1. The minimum atomic E-state index is -0.412. The van der Waals surface area contributed by atoms with Crippen LogP contribution in [0.15, 0.2) is 53.7 Å². The number of anilines is 1. The molecule has 4 rings (SSSR count). The quantitative estimate of drug-likeness (QED) is 0.625. The molecular weight excluding hydrogens is 398 g/mol. The summed E-state index contributed by atoms with van der Waals surface area (Å²) < 4.78 is 7.20. The third-order valence-electron chi connectivity index (χ3n) is 5.00. The molecule has 1 aromatic heterocycles. The number of amides is 1. The number of methoxy groups -OCH3 is 1. The maximum Gasteiger partial charge on any atom is 0.240 e. The zero-order chi connectivity index (χ0) is 21.1. The van der Waals surface area contributed by atoms with Gasteiger partial charge in [-0.05, 0) is 48.7 Å². The Balaban J connectivity index is 1.66. The summed E-state index contributed by atoms with van der Waals surface area (Å²) in [5.74, 6) is 1.57. The van der Waals surface area contributed by atoms with Crippen LogP contribution in [-0.2, 0) is 11.2 Å². The second kappa shape index (κ2) is 8.79. The van der Waals surface area contributed by atoms with Gasteiger partial charge in [0, 0.05) is 12.1 Å². The van der Waals surface area contributed by atoms with Gasteiger partial charge in [-0.2, -0.15) is 0 Å². The van der Waals surface area contributed by atoms with Gasteiger partial charge in [0.15, 0.2) is 5.82 Å². The van der Waals surface area contributed by atoms with E-state index < -0.39 is 5.25 Å². The molecule has 1 aliphatic rings. The second-order valence-corrected chi connectivity index (χ2v) is 8.37. The fourth-order valence-corrected chi connectivity index (χ4v) is 4.58. The molecule has 0 aliphatic carbocycles. The van der Waals surface area contributed by atoms with Crippen LogP contribution in [0, 0.1) is 6.92 Å². The maximum absolute atomic E-state index is 13.3. The SMILES string of the molecule is CCCc1nnc2n1N[C@@H](c1ccc(OC)cc1)[C@@H](C(=O)Nc1cccc(C)c1)S2. The molecule has 0 fully saturated rings. The van der Waals surface area contributed by atoms with Crippen LogP contribution >= 0.6 is 11.8 Å².